The normalized spacial score (nSPS) is 17.8. The maximum Gasteiger partial charge on any atom is 0.334 e. The van der Waals surface area contributed by atoms with Crippen molar-refractivity contribution >= 4 is 57.2 Å². The first kappa shape index (κ1) is 27.4. The molecule has 2 amide bonds. The molecular formula is C24H34N6NaO4S. The number of aryl methyl sites for hydroxylation is 2. The fraction of sp³-hybridized carbons (Fsp3) is 0.583. The molecule has 2 heterocycles. The van der Waals surface area contributed by atoms with E-state index in [0.29, 0.717) is 18.5 Å². The molecule has 1 aliphatic heterocycles. The van der Waals surface area contributed by atoms with Gasteiger partial charge in [0.2, 0.25) is 0 Å². The molecule has 2 aromatic rings. The quantitative estimate of drug-likeness (QED) is 0.536. The molecule has 0 unspecified atom stereocenters. The van der Waals surface area contributed by atoms with Crippen LogP contribution in [0.5, 0.6) is 0 Å². The molecule has 191 valence electrons. The number of amides is 2. The number of likely N-dealkylation sites (tertiary alicyclic amines) is 1. The van der Waals surface area contributed by atoms with E-state index < -0.39 is 16.2 Å². The van der Waals surface area contributed by atoms with E-state index in [1.165, 1.54) is 26.3 Å². The molecule has 36 heavy (non-hydrogen) atoms. The fourth-order valence-electron chi connectivity index (χ4n) is 5.72. The van der Waals surface area contributed by atoms with E-state index in [-0.39, 0.29) is 42.3 Å². The number of hydrogen-bond acceptors (Lipinski definition) is 6. The number of piperidine rings is 1. The number of methoxy groups -OCH3 is 1. The Kier molecular flexibility index (Phi) is 8.68. The van der Waals surface area contributed by atoms with Gasteiger partial charge in [-0.25, -0.2) is 18.5 Å². The Morgan fingerprint density at radius 2 is 1.78 bits per heavy atom. The van der Waals surface area contributed by atoms with Gasteiger partial charge in [0.15, 0.2) is 0 Å². The molecule has 1 radical (unpaired) electrons. The zero-order valence-corrected chi connectivity index (χ0v) is 24.2. The Balaban J connectivity index is 0.00000304. The molecule has 3 aliphatic rings. The summed E-state index contributed by atoms with van der Waals surface area (Å²) in [7, 11) is -0.610. The van der Waals surface area contributed by atoms with Gasteiger partial charge >= 0.3 is 16.2 Å². The number of anilines is 2. The average molecular weight is 526 g/mol. The molecule has 0 bridgehead atoms. The first-order valence-electron chi connectivity index (χ1n) is 12.4. The minimum atomic E-state index is -4.18. The third-order valence-corrected chi connectivity index (χ3v) is 8.82. The van der Waals surface area contributed by atoms with E-state index in [1.54, 1.807) is 13.3 Å². The van der Waals surface area contributed by atoms with Gasteiger partial charge in [0.1, 0.15) is 6.73 Å². The van der Waals surface area contributed by atoms with Crippen LogP contribution in [-0.4, -0.2) is 92.0 Å². The SMILES string of the molecule is COCn1cc(N(C2CCN(C)CC2)S(=O)(=O)NC(=O)Nc2c3c(cc4c2CCC4)CCC3)cn1.[Na]. The van der Waals surface area contributed by atoms with Gasteiger partial charge in [0.25, 0.3) is 0 Å². The van der Waals surface area contributed by atoms with Crippen LogP contribution in [0.2, 0.25) is 0 Å². The van der Waals surface area contributed by atoms with Crippen molar-refractivity contribution in [1.29, 1.82) is 0 Å². The van der Waals surface area contributed by atoms with Crippen LogP contribution in [0.1, 0.15) is 47.9 Å². The van der Waals surface area contributed by atoms with E-state index in [2.05, 4.69) is 26.1 Å². The topological polar surface area (TPSA) is 109 Å². The maximum absolute atomic E-state index is 13.6. The van der Waals surface area contributed by atoms with Crippen LogP contribution in [0, 0.1) is 0 Å². The Bertz CT molecular complexity index is 1180. The smallest absolute Gasteiger partial charge is 0.334 e. The van der Waals surface area contributed by atoms with Crippen LogP contribution in [0.3, 0.4) is 0 Å². The number of carbonyl (C=O) groups is 1. The van der Waals surface area contributed by atoms with Crippen LogP contribution in [-0.2, 0) is 47.4 Å². The molecule has 5 rings (SSSR count). The van der Waals surface area contributed by atoms with Crippen molar-refractivity contribution in [3.05, 3.63) is 40.7 Å². The molecule has 1 fully saturated rings. The third kappa shape index (κ3) is 5.61. The molecule has 10 nitrogen and oxygen atoms in total. The van der Waals surface area contributed by atoms with Crippen molar-refractivity contribution in [1.82, 2.24) is 19.4 Å². The van der Waals surface area contributed by atoms with Gasteiger partial charge in [-0.15, -0.1) is 0 Å². The standard InChI is InChI=1S/C24H34N6O4S.Na/c1-28-11-9-19(10-12-28)30(20-14-25-29(15-20)16-34-2)35(32,33)27-24(31)26-23-21-7-3-5-17(21)13-18-6-4-8-22(18)23;/h13-15,19H,3-12,16H2,1-2H3,(H2,26,27,31);. The minimum absolute atomic E-state index is 0. The predicted molar refractivity (Wildman–Crippen MR) is 140 cm³/mol. The Labute approximate surface area is 235 Å². The zero-order chi connectivity index (χ0) is 24.6. The summed E-state index contributed by atoms with van der Waals surface area (Å²) in [6.07, 6.45) is 10.4. The Hall–Kier alpha value is -1.63. The molecule has 2 N–H and O–H groups in total. The summed E-state index contributed by atoms with van der Waals surface area (Å²) >= 11 is 0. The zero-order valence-electron chi connectivity index (χ0n) is 21.4. The van der Waals surface area contributed by atoms with Crippen molar-refractivity contribution in [3.8, 4) is 0 Å². The summed E-state index contributed by atoms with van der Waals surface area (Å²) in [6.45, 7) is 1.76. The van der Waals surface area contributed by atoms with Gasteiger partial charge in [0.05, 0.1) is 18.1 Å². The molecule has 1 aromatic carbocycles. The monoisotopic (exact) mass is 525 g/mol. The molecule has 1 aromatic heterocycles. The van der Waals surface area contributed by atoms with Gasteiger partial charge in [0, 0.05) is 48.4 Å². The second kappa shape index (κ2) is 11.4. The van der Waals surface area contributed by atoms with Crippen molar-refractivity contribution in [2.45, 2.75) is 64.1 Å². The number of ether oxygens (including phenoxy) is 1. The Morgan fingerprint density at radius 1 is 1.14 bits per heavy atom. The van der Waals surface area contributed by atoms with E-state index in [1.807, 2.05) is 7.05 Å². The summed E-state index contributed by atoms with van der Waals surface area (Å²) < 4.78 is 37.5. The van der Waals surface area contributed by atoms with Crippen LogP contribution < -0.4 is 14.3 Å². The van der Waals surface area contributed by atoms with Crippen molar-refractivity contribution < 1.29 is 17.9 Å². The molecule has 1 saturated heterocycles. The summed E-state index contributed by atoms with van der Waals surface area (Å²) in [5, 5.41) is 7.16. The van der Waals surface area contributed by atoms with E-state index in [4.69, 9.17) is 4.74 Å². The third-order valence-electron chi connectivity index (χ3n) is 7.35. The van der Waals surface area contributed by atoms with Crippen molar-refractivity contribution in [2.75, 3.05) is 36.9 Å². The number of nitrogens with one attached hydrogen (secondary N) is 2. The second-order valence-corrected chi connectivity index (χ2v) is 11.3. The van der Waals surface area contributed by atoms with Gasteiger partial charge in [-0.2, -0.15) is 13.5 Å². The van der Waals surface area contributed by atoms with Crippen LogP contribution in [0.4, 0.5) is 16.2 Å². The van der Waals surface area contributed by atoms with E-state index >= 15 is 0 Å². The molecule has 2 aliphatic carbocycles. The molecule has 0 saturated carbocycles. The largest absolute Gasteiger partial charge is 0.362 e. The van der Waals surface area contributed by atoms with Crippen LogP contribution >= 0.6 is 0 Å². The van der Waals surface area contributed by atoms with E-state index in [0.717, 1.165) is 68.4 Å². The van der Waals surface area contributed by atoms with E-state index in [9.17, 15) is 13.2 Å². The summed E-state index contributed by atoms with van der Waals surface area (Å²) in [6, 6.07) is 1.29. The number of benzene rings is 1. The molecule has 0 atom stereocenters. The summed E-state index contributed by atoms with van der Waals surface area (Å²) in [4.78, 5) is 15.3. The number of nitrogens with zero attached hydrogens (tertiary/aromatic N) is 4. The summed E-state index contributed by atoms with van der Waals surface area (Å²) in [5.74, 6) is 0. The molecular weight excluding hydrogens is 491 g/mol. The fourth-order valence-corrected chi connectivity index (χ4v) is 7.08. The first-order chi connectivity index (χ1) is 16.9. The second-order valence-electron chi connectivity index (χ2n) is 9.78. The van der Waals surface area contributed by atoms with Gasteiger partial charge in [-0.3, -0.25) is 0 Å². The number of urea groups is 1. The van der Waals surface area contributed by atoms with Crippen LogP contribution in [0.15, 0.2) is 18.5 Å². The number of carbonyl (C=O) groups excluding carboxylic acids is 1. The predicted octanol–water partition coefficient (Wildman–Crippen LogP) is 2.05. The van der Waals surface area contributed by atoms with Gasteiger partial charge < -0.3 is 15.0 Å². The van der Waals surface area contributed by atoms with Gasteiger partial charge in [-0.1, -0.05) is 6.07 Å². The van der Waals surface area contributed by atoms with Crippen LogP contribution in [0.25, 0.3) is 0 Å². The number of fused-ring (bicyclic) bond motifs is 2. The number of rotatable bonds is 7. The average Bonchev–Trinajstić information content (AvgIpc) is 3.56. The number of aromatic nitrogens is 2. The molecule has 0 spiro atoms. The summed E-state index contributed by atoms with van der Waals surface area (Å²) in [5.41, 5.74) is 6.11. The van der Waals surface area contributed by atoms with Crippen molar-refractivity contribution in [3.63, 3.8) is 0 Å². The van der Waals surface area contributed by atoms with Gasteiger partial charge in [-0.05, 0) is 93.8 Å². The molecule has 12 heteroatoms. The Morgan fingerprint density at radius 3 is 2.39 bits per heavy atom. The maximum atomic E-state index is 13.6. The first-order valence-corrected chi connectivity index (χ1v) is 13.8. The van der Waals surface area contributed by atoms with Crippen molar-refractivity contribution in [2.24, 2.45) is 0 Å². The minimum Gasteiger partial charge on any atom is -0.362 e. The number of hydrogen-bond donors (Lipinski definition) is 2.